The number of nitrogens with one attached hydrogen (secondary N) is 1. The molecule has 1 aromatic carbocycles. The highest BCUT2D eigenvalue weighted by Gasteiger charge is 2.29. The highest BCUT2D eigenvalue weighted by Crippen LogP contribution is 2.37. The third-order valence-electron chi connectivity index (χ3n) is 2.83. The highest BCUT2D eigenvalue weighted by molar-refractivity contribution is 8.00. The van der Waals surface area contributed by atoms with Crippen LogP contribution < -0.4 is 5.32 Å². The van der Waals surface area contributed by atoms with Crippen molar-refractivity contribution in [1.82, 2.24) is 5.32 Å². The zero-order valence-corrected chi connectivity index (χ0v) is 11.3. The van der Waals surface area contributed by atoms with Gasteiger partial charge >= 0.3 is 5.51 Å². The van der Waals surface area contributed by atoms with E-state index in [2.05, 4.69) is 5.32 Å². The fraction of sp³-hybridized carbons (Fsp3) is 0.500. The molecule has 2 rings (SSSR count). The van der Waals surface area contributed by atoms with Gasteiger partial charge in [-0.05, 0) is 48.8 Å². The van der Waals surface area contributed by atoms with E-state index in [-0.39, 0.29) is 29.1 Å². The smallest absolute Gasteiger partial charge is 0.310 e. The second kappa shape index (κ2) is 6.68. The second-order valence-corrected chi connectivity index (χ2v) is 5.26. The topological polar surface area (TPSA) is 12.0 Å². The minimum Gasteiger partial charge on any atom is -0.310 e. The zero-order chi connectivity index (χ0) is 12.3. The number of halogens is 4. The van der Waals surface area contributed by atoms with Crippen LogP contribution in [0.25, 0.3) is 0 Å². The first-order valence-corrected chi connectivity index (χ1v) is 6.45. The van der Waals surface area contributed by atoms with Crippen LogP contribution in [0.15, 0.2) is 29.2 Å². The van der Waals surface area contributed by atoms with E-state index in [0.717, 1.165) is 18.5 Å². The van der Waals surface area contributed by atoms with Gasteiger partial charge in [0.2, 0.25) is 0 Å². The molecule has 6 heteroatoms. The summed E-state index contributed by atoms with van der Waals surface area (Å²) in [6.45, 7) is 0.990. The molecular formula is C12H15ClF3NS. The molecular weight excluding hydrogens is 283 g/mol. The quantitative estimate of drug-likeness (QED) is 0.805. The molecule has 0 bridgehead atoms. The number of hydrogen-bond acceptors (Lipinski definition) is 2. The summed E-state index contributed by atoms with van der Waals surface area (Å²) >= 11 is -0.0643. The average Bonchev–Trinajstić information content (AvgIpc) is 2.29. The van der Waals surface area contributed by atoms with Gasteiger partial charge < -0.3 is 5.32 Å². The molecule has 18 heavy (non-hydrogen) atoms. The monoisotopic (exact) mass is 297 g/mol. The highest BCUT2D eigenvalue weighted by atomic mass is 35.5. The molecule has 102 valence electrons. The van der Waals surface area contributed by atoms with E-state index >= 15 is 0 Å². The molecule has 1 N–H and O–H groups in total. The number of thioether (sulfide) groups is 1. The van der Waals surface area contributed by atoms with Gasteiger partial charge in [-0.15, -0.1) is 12.4 Å². The van der Waals surface area contributed by atoms with Crippen LogP contribution >= 0.6 is 24.2 Å². The van der Waals surface area contributed by atoms with Gasteiger partial charge in [-0.3, -0.25) is 0 Å². The van der Waals surface area contributed by atoms with Crippen molar-refractivity contribution in [3.05, 3.63) is 29.8 Å². The van der Waals surface area contributed by atoms with Gasteiger partial charge in [-0.2, -0.15) is 13.2 Å². The molecule has 1 aliphatic rings. The van der Waals surface area contributed by atoms with Gasteiger partial charge in [0.05, 0.1) is 0 Å². The molecule has 1 aromatic rings. The van der Waals surface area contributed by atoms with E-state index in [0.29, 0.717) is 6.04 Å². The Morgan fingerprint density at radius 2 is 1.78 bits per heavy atom. The van der Waals surface area contributed by atoms with Crippen LogP contribution in [0, 0.1) is 0 Å². The van der Waals surface area contributed by atoms with E-state index in [1.807, 2.05) is 0 Å². The summed E-state index contributed by atoms with van der Waals surface area (Å²) in [6.07, 6.45) is 3.42. The van der Waals surface area contributed by atoms with E-state index in [4.69, 9.17) is 0 Å². The Morgan fingerprint density at radius 3 is 2.28 bits per heavy atom. The van der Waals surface area contributed by atoms with Crippen LogP contribution in [0.1, 0.15) is 30.9 Å². The fourth-order valence-electron chi connectivity index (χ4n) is 2.04. The largest absolute Gasteiger partial charge is 0.446 e. The molecule has 1 aliphatic heterocycles. The summed E-state index contributed by atoms with van der Waals surface area (Å²) in [6, 6.07) is 6.97. The molecule has 0 amide bonds. The van der Waals surface area contributed by atoms with Crippen molar-refractivity contribution in [2.24, 2.45) is 0 Å². The average molecular weight is 298 g/mol. The van der Waals surface area contributed by atoms with Crippen molar-refractivity contribution >= 4 is 24.2 Å². The Morgan fingerprint density at radius 1 is 1.11 bits per heavy atom. The van der Waals surface area contributed by atoms with Gasteiger partial charge in [0.15, 0.2) is 0 Å². The summed E-state index contributed by atoms with van der Waals surface area (Å²) in [5.74, 6) is 0. The van der Waals surface area contributed by atoms with Crippen LogP contribution in [-0.2, 0) is 0 Å². The maximum atomic E-state index is 12.1. The van der Waals surface area contributed by atoms with Crippen molar-refractivity contribution in [1.29, 1.82) is 0 Å². The molecule has 0 aromatic heterocycles. The normalized spacial score (nSPS) is 20.3. The van der Waals surface area contributed by atoms with Crippen LogP contribution in [0.2, 0.25) is 0 Å². The molecule has 1 saturated heterocycles. The summed E-state index contributed by atoms with van der Waals surface area (Å²) in [4.78, 5) is 0.247. The lowest BCUT2D eigenvalue weighted by molar-refractivity contribution is -0.0328. The van der Waals surface area contributed by atoms with E-state index in [1.54, 1.807) is 24.3 Å². The second-order valence-electron chi connectivity index (χ2n) is 4.12. The molecule has 1 fully saturated rings. The maximum absolute atomic E-state index is 12.1. The Labute approximate surface area is 115 Å². The molecule has 1 heterocycles. The van der Waals surface area contributed by atoms with Gasteiger partial charge in [0.1, 0.15) is 0 Å². The third-order valence-corrected chi connectivity index (χ3v) is 3.57. The Balaban J connectivity index is 0.00000162. The number of piperidine rings is 1. The van der Waals surface area contributed by atoms with Crippen molar-refractivity contribution < 1.29 is 13.2 Å². The first-order chi connectivity index (χ1) is 8.04. The minimum atomic E-state index is -4.20. The standard InChI is InChI=1S/C12H14F3NS.ClH/c13-12(14,15)17-10-6-4-9(5-7-10)11-3-1-2-8-16-11;/h4-7,11,16H,1-3,8H2;1H/t11-;/m0./s1. The first-order valence-electron chi connectivity index (χ1n) is 5.64. The van der Waals surface area contributed by atoms with Crippen LogP contribution in [0.5, 0.6) is 0 Å². The molecule has 0 spiro atoms. The summed E-state index contributed by atoms with van der Waals surface area (Å²) in [5, 5.41) is 3.37. The van der Waals surface area contributed by atoms with Crippen LogP contribution in [0.4, 0.5) is 13.2 Å². The molecule has 0 unspecified atom stereocenters. The number of alkyl halides is 3. The molecule has 1 atom stereocenters. The van der Waals surface area contributed by atoms with Crippen molar-refractivity contribution in [3.8, 4) is 0 Å². The predicted octanol–water partition coefficient (Wildman–Crippen LogP) is 4.53. The first kappa shape index (κ1) is 15.7. The number of rotatable bonds is 2. The van der Waals surface area contributed by atoms with Gasteiger partial charge in [0.25, 0.3) is 0 Å². The summed E-state index contributed by atoms with van der Waals surface area (Å²) in [7, 11) is 0. The lowest BCUT2D eigenvalue weighted by Gasteiger charge is -2.23. The lowest BCUT2D eigenvalue weighted by atomic mass is 9.98. The van der Waals surface area contributed by atoms with Gasteiger partial charge in [0, 0.05) is 10.9 Å². The maximum Gasteiger partial charge on any atom is 0.446 e. The van der Waals surface area contributed by atoms with Gasteiger partial charge in [-0.25, -0.2) is 0 Å². The van der Waals surface area contributed by atoms with Crippen molar-refractivity contribution in [2.45, 2.75) is 35.7 Å². The summed E-state index contributed by atoms with van der Waals surface area (Å²) in [5.41, 5.74) is -3.12. The predicted molar refractivity (Wildman–Crippen MR) is 70.2 cm³/mol. The molecule has 1 nitrogen and oxygen atoms in total. The Kier molecular flexibility index (Phi) is 5.82. The molecule has 0 saturated carbocycles. The van der Waals surface area contributed by atoms with E-state index in [1.165, 1.54) is 12.8 Å². The van der Waals surface area contributed by atoms with Crippen LogP contribution in [-0.4, -0.2) is 12.1 Å². The SMILES string of the molecule is Cl.FC(F)(F)Sc1ccc([C@@H]2CCCCN2)cc1. The number of hydrogen-bond donors (Lipinski definition) is 1. The molecule has 0 aliphatic carbocycles. The van der Waals surface area contributed by atoms with E-state index < -0.39 is 5.51 Å². The number of benzene rings is 1. The summed E-state index contributed by atoms with van der Waals surface area (Å²) < 4.78 is 36.4. The molecule has 0 radical (unpaired) electrons. The minimum absolute atomic E-state index is 0. The third kappa shape index (κ3) is 4.71. The Hall–Kier alpha value is -0.390. The van der Waals surface area contributed by atoms with Crippen LogP contribution in [0.3, 0.4) is 0 Å². The fourth-order valence-corrected chi connectivity index (χ4v) is 2.58. The van der Waals surface area contributed by atoms with E-state index in [9.17, 15) is 13.2 Å². The van der Waals surface area contributed by atoms with Crippen molar-refractivity contribution in [3.63, 3.8) is 0 Å². The zero-order valence-electron chi connectivity index (χ0n) is 9.67. The van der Waals surface area contributed by atoms with Crippen molar-refractivity contribution in [2.75, 3.05) is 6.54 Å². The lowest BCUT2D eigenvalue weighted by Crippen LogP contribution is -2.26. The van der Waals surface area contributed by atoms with Gasteiger partial charge in [-0.1, -0.05) is 18.6 Å². The Bertz CT molecular complexity index is 361.